The molecule has 1 heterocycles. The number of rotatable bonds is 0. The zero-order chi connectivity index (χ0) is 8.15. The van der Waals surface area contributed by atoms with Gasteiger partial charge in [0.05, 0.1) is 0 Å². The highest BCUT2D eigenvalue weighted by atomic mass is 32.2. The van der Waals surface area contributed by atoms with Gasteiger partial charge in [0.25, 0.3) is 0 Å². The van der Waals surface area contributed by atoms with E-state index in [1.165, 1.54) is 4.31 Å². The molecule has 0 aromatic rings. The SMILES string of the molecule is CC1N(C(C)(C)C)S1(=O)=O. The van der Waals surface area contributed by atoms with Crippen molar-refractivity contribution in [3.05, 3.63) is 0 Å². The molecule has 1 saturated heterocycles. The molecule has 1 rings (SSSR count). The van der Waals surface area contributed by atoms with Crippen LogP contribution >= 0.6 is 0 Å². The van der Waals surface area contributed by atoms with Crippen molar-refractivity contribution < 1.29 is 8.42 Å². The molecule has 1 aliphatic heterocycles. The van der Waals surface area contributed by atoms with Crippen LogP contribution in [0.4, 0.5) is 0 Å². The molecule has 4 heteroatoms. The van der Waals surface area contributed by atoms with Gasteiger partial charge < -0.3 is 0 Å². The first-order chi connectivity index (χ1) is 4.28. The Morgan fingerprint density at radius 3 is 1.60 bits per heavy atom. The van der Waals surface area contributed by atoms with Crippen LogP contribution in [0.25, 0.3) is 0 Å². The Morgan fingerprint density at radius 1 is 1.30 bits per heavy atom. The highest BCUT2D eigenvalue weighted by Crippen LogP contribution is 2.38. The van der Waals surface area contributed by atoms with E-state index >= 15 is 0 Å². The molecule has 2 unspecified atom stereocenters. The molecule has 10 heavy (non-hydrogen) atoms. The van der Waals surface area contributed by atoms with Crippen LogP contribution in [0, 0.1) is 0 Å². The molecular formula is C6H13NO2S. The summed E-state index contributed by atoms with van der Waals surface area (Å²) in [6, 6.07) is 0. The minimum Gasteiger partial charge on any atom is -0.210 e. The molecule has 1 fully saturated rings. The van der Waals surface area contributed by atoms with Gasteiger partial charge in [0.2, 0.25) is 10.0 Å². The number of nitrogens with zero attached hydrogens (tertiary/aromatic N) is 1. The number of sulfonamides is 1. The lowest BCUT2D eigenvalue weighted by molar-refractivity contribution is 0.317. The maximum absolute atomic E-state index is 11.0. The van der Waals surface area contributed by atoms with Gasteiger partial charge in [-0.15, -0.1) is 0 Å². The lowest BCUT2D eigenvalue weighted by Gasteiger charge is -2.16. The normalized spacial score (nSPS) is 37.6. The summed E-state index contributed by atoms with van der Waals surface area (Å²) in [5, 5.41) is -0.271. The standard InChI is InChI=1S/C6H13NO2S/c1-5-7(6(2,3)4)10(5,8)9/h5H,1-4H3. The number of hydrogen-bond donors (Lipinski definition) is 0. The third kappa shape index (κ3) is 0.953. The zero-order valence-electron chi connectivity index (χ0n) is 6.75. The van der Waals surface area contributed by atoms with E-state index in [0.29, 0.717) is 0 Å². The first-order valence-electron chi connectivity index (χ1n) is 3.31. The summed E-state index contributed by atoms with van der Waals surface area (Å²) in [7, 11) is -2.86. The van der Waals surface area contributed by atoms with Crippen LogP contribution in [0.3, 0.4) is 0 Å². The van der Waals surface area contributed by atoms with Crippen LogP contribution in [0.15, 0.2) is 0 Å². The lowest BCUT2D eigenvalue weighted by atomic mass is 10.1. The Labute approximate surface area is 62.1 Å². The second kappa shape index (κ2) is 1.74. The largest absolute Gasteiger partial charge is 0.232 e. The summed E-state index contributed by atoms with van der Waals surface area (Å²) in [4.78, 5) is 0. The second-order valence-corrected chi connectivity index (χ2v) is 5.72. The molecule has 1 aliphatic rings. The Hall–Kier alpha value is -0.0900. The van der Waals surface area contributed by atoms with Crippen LogP contribution in [-0.4, -0.2) is 23.6 Å². The Kier molecular flexibility index (Phi) is 1.39. The van der Waals surface area contributed by atoms with Gasteiger partial charge in [-0.25, -0.2) is 8.42 Å². The van der Waals surface area contributed by atoms with Crippen molar-refractivity contribution in [2.24, 2.45) is 0 Å². The van der Waals surface area contributed by atoms with E-state index < -0.39 is 10.0 Å². The van der Waals surface area contributed by atoms with Gasteiger partial charge >= 0.3 is 0 Å². The van der Waals surface area contributed by atoms with Crippen molar-refractivity contribution in [2.75, 3.05) is 0 Å². The topological polar surface area (TPSA) is 37.1 Å². The predicted octanol–water partition coefficient (Wildman–Crippen LogP) is 0.776. The van der Waals surface area contributed by atoms with Crippen molar-refractivity contribution in [3.63, 3.8) is 0 Å². The molecule has 0 aromatic heterocycles. The molecule has 0 N–H and O–H groups in total. The quantitative estimate of drug-likeness (QED) is 0.495. The first kappa shape index (κ1) is 8.01. The summed E-state index contributed by atoms with van der Waals surface area (Å²) in [5.41, 5.74) is -0.238. The molecule has 0 amide bonds. The summed E-state index contributed by atoms with van der Waals surface area (Å²) in [6.07, 6.45) is 0. The van der Waals surface area contributed by atoms with Gasteiger partial charge in [0, 0.05) is 5.54 Å². The molecule has 0 bridgehead atoms. The molecule has 0 aromatic carbocycles. The van der Waals surface area contributed by atoms with E-state index in [0.717, 1.165) is 0 Å². The van der Waals surface area contributed by atoms with Crippen molar-refractivity contribution >= 4 is 10.0 Å². The highest BCUT2D eigenvalue weighted by Gasteiger charge is 2.56. The van der Waals surface area contributed by atoms with Crippen LogP contribution in [-0.2, 0) is 10.0 Å². The van der Waals surface area contributed by atoms with E-state index in [9.17, 15) is 8.42 Å². The van der Waals surface area contributed by atoms with Gasteiger partial charge in [-0.1, -0.05) is 0 Å². The molecule has 0 spiro atoms. The van der Waals surface area contributed by atoms with Gasteiger partial charge in [-0.05, 0) is 27.7 Å². The third-order valence-electron chi connectivity index (χ3n) is 1.65. The van der Waals surface area contributed by atoms with Gasteiger partial charge in [-0.3, -0.25) is 0 Å². The molecule has 0 aliphatic carbocycles. The fourth-order valence-electron chi connectivity index (χ4n) is 1.23. The average Bonchev–Trinajstić information content (AvgIpc) is 2.03. The molecule has 3 nitrogen and oxygen atoms in total. The van der Waals surface area contributed by atoms with Crippen LogP contribution in [0.2, 0.25) is 0 Å². The summed E-state index contributed by atoms with van der Waals surface area (Å²) in [6.45, 7) is 7.40. The van der Waals surface area contributed by atoms with E-state index in [1.54, 1.807) is 6.92 Å². The monoisotopic (exact) mass is 163 g/mol. The van der Waals surface area contributed by atoms with E-state index in [-0.39, 0.29) is 10.9 Å². The molecule has 0 radical (unpaired) electrons. The molecular weight excluding hydrogens is 150 g/mol. The fraction of sp³-hybridized carbons (Fsp3) is 1.00. The average molecular weight is 163 g/mol. The minimum atomic E-state index is -2.86. The lowest BCUT2D eigenvalue weighted by Crippen LogP contribution is -2.27. The van der Waals surface area contributed by atoms with Gasteiger partial charge in [-0.2, -0.15) is 4.31 Å². The van der Waals surface area contributed by atoms with Crippen LogP contribution in [0.1, 0.15) is 27.7 Å². The first-order valence-corrected chi connectivity index (χ1v) is 4.81. The zero-order valence-corrected chi connectivity index (χ0v) is 7.57. The summed E-state index contributed by atoms with van der Waals surface area (Å²) < 4.78 is 23.5. The third-order valence-corrected chi connectivity index (χ3v) is 3.92. The van der Waals surface area contributed by atoms with E-state index in [2.05, 4.69) is 0 Å². The Bertz CT molecular complexity index is 237. The predicted molar refractivity (Wildman–Crippen MR) is 40.0 cm³/mol. The van der Waals surface area contributed by atoms with Crippen LogP contribution in [0.5, 0.6) is 0 Å². The Balaban J connectivity index is 2.86. The summed E-state index contributed by atoms with van der Waals surface area (Å²) in [5.74, 6) is 0. The molecule has 60 valence electrons. The number of hydrogen-bond acceptors (Lipinski definition) is 2. The van der Waals surface area contributed by atoms with Gasteiger partial charge in [0.15, 0.2) is 0 Å². The summed E-state index contributed by atoms with van der Waals surface area (Å²) >= 11 is 0. The van der Waals surface area contributed by atoms with Crippen molar-refractivity contribution in [1.82, 2.24) is 4.31 Å². The van der Waals surface area contributed by atoms with E-state index in [4.69, 9.17) is 0 Å². The van der Waals surface area contributed by atoms with Crippen molar-refractivity contribution in [3.8, 4) is 0 Å². The molecule has 0 saturated carbocycles. The van der Waals surface area contributed by atoms with Gasteiger partial charge in [0.1, 0.15) is 5.37 Å². The fourth-order valence-corrected chi connectivity index (χ4v) is 3.12. The maximum atomic E-state index is 11.0. The van der Waals surface area contributed by atoms with Crippen LogP contribution < -0.4 is 0 Å². The van der Waals surface area contributed by atoms with Crippen molar-refractivity contribution in [2.45, 2.75) is 38.6 Å². The van der Waals surface area contributed by atoms with E-state index in [1.807, 2.05) is 20.8 Å². The minimum absolute atomic E-state index is 0.238. The smallest absolute Gasteiger partial charge is 0.210 e. The highest BCUT2D eigenvalue weighted by molar-refractivity contribution is 7.96. The Morgan fingerprint density at radius 2 is 1.60 bits per heavy atom. The molecule has 2 atom stereocenters. The van der Waals surface area contributed by atoms with Crippen molar-refractivity contribution in [1.29, 1.82) is 0 Å². The second-order valence-electron chi connectivity index (χ2n) is 3.61. The maximum Gasteiger partial charge on any atom is 0.232 e.